The number of rotatable bonds is 0. The molecule has 0 aliphatic rings. The summed E-state index contributed by atoms with van der Waals surface area (Å²) in [6, 6.07) is 5.04. The first kappa shape index (κ1) is 7.86. The first-order valence-electron chi connectivity index (χ1n) is 3.96. The Morgan fingerprint density at radius 2 is 2.15 bits per heavy atom. The molecule has 0 aliphatic carbocycles. The molecule has 3 nitrogen and oxygen atoms in total. The van der Waals surface area contributed by atoms with Crippen LogP contribution in [0.1, 0.15) is 5.56 Å². The topological polar surface area (TPSA) is 56.2 Å². The molecule has 0 amide bonds. The predicted octanol–water partition coefficient (Wildman–Crippen LogP) is 1.68. The molecule has 0 spiro atoms. The van der Waals surface area contributed by atoms with Gasteiger partial charge in [-0.05, 0) is 25.1 Å². The minimum atomic E-state index is -0.0199. The smallest absolute Gasteiger partial charge is 0.195 e. The van der Waals surface area contributed by atoms with E-state index < -0.39 is 0 Å². The van der Waals surface area contributed by atoms with E-state index in [1.165, 1.54) is 6.26 Å². The van der Waals surface area contributed by atoms with Gasteiger partial charge in [0, 0.05) is 11.3 Å². The van der Waals surface area contributed by atoms with Crippen molar-refractivity contribution in [3.63, 3.8) is 0 Å². The number of aryl methyl sites for hydroxylation is 1. The molecular weight excluding hydrogens is 166 g/mol. The standard InChI is InChI=1S/C10H9NO2/c1-6-5-13-9-3-2-7(11)4-8(9)10(6)12/h2-5H,11H2,1H3. The first-order chi connectivity index (χ1) is 6.18. The van der Waals surface area contributed by atoms with Crippen LogP contribution in [-0.4, -0.2) is 0 Å². The molecule has 13 heavy (non-hydrogen) atoms. The molecule has 0 aliphatic heterocycles. The largest absolute Gasteiger partial charge is 0.464 e. The maximum absolute atomic E-state index is 11.6. The third-order valence-electron chi connectivity index (χ3n) is 1.97. The van der Waals surface area contributed by atoms with Crippen molar-refractivity contribution in [1.29, 1.82) is 0 Å². The van der Waals surface area contributed by atoms with Gasteiger partial charge >= 0.3 is 0 Å². The highest BCUT2D eigenvalue weighted by Gasteiger charge is 2.02. The molecular formula is C10H9NO2. The molecule has 0 saturated heterocycles. The number of fused-ring (bicyclic) bond motifs is 1. The molecule has 2 aromatic rings. The molecule has 1 heterocycles. The van der Waals surface area contributed by atoms with Crippen molar-refractivity contribution in [1.82, 2.24) is 0 Å². The van der Waals surface area contributed by atoms with Gasteiger partial charge in [-0.1, -0.05) is 0 Å². The summed E-state index contributed by atoms with van der Waals surface area (Å²) in [5.41, 5.74) is 7.29. The van der Waals surface area contributed by atoms with Gasteiger partial charge in [0.15, 0.2) is 5.43 Å². The average molecular weight is 175 g/mol. The minimum absolute atomic E-state index is 0.0199. The van der Waals surface area contributed by atoms with Crippen LogP contribution >= 0.6 is 0 Å². The molecule has 0 fully saturated rings. The summed E-state index contributed by atoms with van der Waals surface area (Å²) in [6.07, 6.45) is 1.46. The average Bonchev–Trinajstić information content (AvgIpc) is 2.12. The second kappa shape index (κ2) is 2.62. The molecule has 0 atom stereocenters. The fraction of sp³-hybridized carbons (Fsp3) is 0.100. The van der Waals surface area contributed by atoms with Crippen LogP contribution in [0.25, 0.3) is 11.0 Å². The number of anilines is 1. The van der Waals surface area contributed by atoms with Gasteiger partial charge in [-0.2, -0.15) is 0 Å². The van der Waals surface area contributed by atoms with Crippen molar-refractivity contribution in [3.8, 4) is 0 Å². The van der Waals surface area contributed by atoms with Crippen LogP contribution in [-0.2, 0) is 0 Å². The molecule has 1 aromatic heterocycles. The van der Waals surface area contributed by atoms with E-state index in [0.717, 1.165) is 0 Å². The van der Waals surface area contributed by atoms with E-state index in [2.05, 4.69) is 0 Å². The molecule has 2 N–H and O–H groups in total. The lowest BCUT2D eigenvalue weighted by Crippen LogP contribution is -2.04. The van der Waals surface area contributed by atoms with Crippen LogP contribution in [0.5, 0.6) is 0 Å². The van der Waals surface area contributed by atoms with Crippen molar-refractivity contribution >= 4 is 16.7 Å². The van der Waals surface area contributed by atoms with Crippen LogP contribution in [0.3, 0.4) is 0 Å². The summed E-state index contributed by atoms with van der Waals surface area (Å²) in [6.45, 7) is 1.72. The van der Waals surface area contributed by atoms with Crippen LogP contribution in [0.15, 0.2) is 33.7 Å². The second-order valence-electron chi connectivity index (χ2n) is 3.00. The third-order valence-corrected chi connectivity index (χ3v) is 1.97. The molecule has 0 bridgehead atoms. The van der Waals surface area contributed by atoms with Gasteiger partial charge in [-0.15, -0.1) is 0 Å². The Kier molecular flexibility index (Phi) is 1.59. The monoisotopic (exact) mass is 175 g/mol. The van der Waals surface area contributed by atoms with Gasteiger partial charge in [-0.25, -0.2) is 0 Å². The van der Waals surface area contributed by atoms with E-state index in [4.69, 9.17) is 10.2 Å². The third kappa shape index (κ3) is 1.18. The lowest BCUT2D eigenvalue weighted by molar-refractivity contribution is 0.597. The molecule has 66 valence electrons. The zero-order valence-electron chi connectivity index (χ0n) is 7.20. The highest BCUT2D eigenvalue weighted by atomic mass is 16.3. The second-order valence-corrected chi connectivity index (χ2v) is 3.00. The Morgan fingerprint density at radius 1 is 1.38 bits per heavy atom. The van der Waals surface area contributed by atoms with E-state index in [1.807, 2.05) is 0 Å². The van der Waals surface area contributed by atoms with Crippen LogP contribution in [0, 0.1) is 6.92 Å². The van der Waals surface area contributed by atoms with Crippen molar-refractivity contribution in [3.05, 3.63) is 40.2 Å². The summed E-state index contributed by atoms with van der Waals surface area (Å²) < 4.78 is 5.22. The number of benzene rings is 1. The van der Waals surface area contributed by atoms with Crippen LogP contribution < -0.4 is 11.2 Å². The van der Waals surface area contributed by atoms with Gasteiger partial charge < -0.3 is 10.2 Å². The summed E-state index contributed by atoms with van der Waals surface area (Å²) in [7, 11) is 0. The Balaban J connectivity index is 2.97. The van der Waals surface area contributed by atoms with Crippen LogP contribution in [0.2, 0.25) is 0 Å². The van der Waals surface area contributed by atoms with Gasteiger partial charge in [0.2, 0.25) is 0 Å². The quantitative estimate of drug-likeness (QED) is 0.620. The lowest BCUT2D eigenvalue weighted by Gasteiger charge is -1.98. The summed E-state index contributed by atoms with van der Waals surface area (Å²) in [4.78, 5) is 11.6. The van der Waals surface area contributed by atoms with E-state index in [-0.39, 0.29) is 5.43 Å². The Labute approximate surface area is 74.8 Å². The maximum atomic E-state index is 11.6. The van der Waals surface area contributed by atoms with Gasteiger partial charge in [-0.3, -0.25) is 4.79 Å². The molecule has 0 radical (unpaired) electrons. The van der Waals surface area contributed by atoms with E-state index in [9.17, 15) is 4.79 Å². The summed E-state index contributed by atoms with van der Waals surface area (Å²) >= 11 is 0. The predicted molar refractivity (Wildman–Crippen MR) is 51.6 cm³/mol. The Bertz CT molecular complexity index is 509. The van der Waals surface area contributed by atoms with E-state index in [1.54, 1.807) is 25.1 Å². The molecule has 0 unspecified atom stereocenters. The number of nitrogens with two attached hydrogens (primary N) is 1. The number of hydrogen-bond acceptors (Lipinski definition) is 3. The highest BCUT2D eigenvalue weighted by Crippen LogP contribution is 2.14. The number of hydrogen-bond donors (Lipinski definition) is 1. The first-order valence-corrected chi connectivity index (χ1v) is 3.96. The molecule has 0 saturated carbocycles. The Hall–Kier alpha value is -1.77. The van der Waals surface area contributed by atoms with Crippen molar-refractivity contribution < 1.29 is 4.42 Å². The van der Waals surface area contributed by atoms with E-state index >= 15 is 0 Å². The van der Waals surface area contributed by atoms with Crippen molar-refractivity contribution in [2.75, 3.05) is 5.73 Å². The summed E-state index contributed by atoms with van der Waals surface area (Å²) in [5.74, 6) is 0. The van der Waals surface area contributed by atoms with Gasteiger partial charge in [0.05, 0.1) is 11.6 Å². The minimum Gasteiger partial charge on any atom is -0.464 e. The van der Waals surface area contributed by atoms with Crippen molar-refractivity contribution in [2.24, 2.45) is 0 Å². The number of nitrogen functional groups attached to an aromatic ring is 1. The van der Waals surface area contributed by atoms with Crippen LogP contribution in [0.4, 0.5) is 5.69 Å². The maximum Gasteiger partial charge on any atom is 0.195 e. The normalized spacial score (nSPS) is 10.5. The molecule has 1 aromatic carbocycles. The zero-order chi connectivity index (χ0) is 9.42. The summed E-state index contributed by atoms with van der Waals surface area (Å²) in [5, 5.41) is 0.542. The van der Waals surface area contributed by atoms with E-state index in [0.29, 0.717) is 22.2 Å². The fourth-order valence-electron chi connectivity index (χ4n) is 1.25. The SMILES string of the molecule is Cc1coc2ccc(N)cc2c1=O. The fourth-order valence-corrected chi connectivity index (χ4v) is 1.25. The zero-order valence-corrected chi connectivity index (χ0v) is 7.20. The highest BCUT2D eigenvalue weighted by molar-refractivity contribution is 5.80. The van der Waals surface area contributed by atoms with Gasteiger partial charge in [0.1, 0.15) is 5.58 Å². The molecule has 3 heteroatoms. The van der Waals surface area contributed by atoms with Crippen molar-refractivity contribution in [2.45, 2.75) is 6.92 Å². The molecule has 2 rings (SSSR count). The Morgan fingerprint density at radius 3 is 2.92 bits per heavy atom. The lowest BCUT2D eigenvalue weighted by atomic mass is 10.2. The van der Waals surface area contributed by atoms with Gasteiger partial charge in [0.25, 0.3) is 0 Å².